The van der Waals surface area contributed by atoms with Crippen molar-refractivity contribution in [2.75, 3.05) is 36.8 Å². The Hall–Kier alpha value is -3.59. The summed E-state index contributed by atoms with van der Waals surface area (Å²) in [4.78, 5) is 38.0. The second-order valence-corrected chi connectivity index (χ2v) is 9.16. The molecule has 0 saturated carbocycles. The number of aryl methyl sites for hydroxylation is 1. The van der Waals surface area contributed by atoms with E-state index in [1.807, 2.05) is 48.2 Å². The Morgan fingerprint density at radius 2 is 1.74 bits per heavy atom. The molecule has 4 aromatic rings. The van der Waals surface area contributed by atoms with E-state index in [0.717, 1.165) is 11.4 Å². The van der Waals surface area contributed by atoms with Gasteiger partial charge in [0.05, 0.1) is 17.0 Å². The number of nitrogens with one attached hydrogen (secondary N) is 1. The summed E-state index contributed by atoms with van der Waals surface area (Å²) in [6.45, 7) is 4.43. The number of amides is 1. The van der Waals surface area contributed by atoms with Gasteiger partial charge in [-0.1, -0.05) is 30.0 Å². The van der Waals surface area contributed by atoms with Crippen LogP contribution in [0, 0.1) is 12.7 Å². The van der Waals surface area contributed by atoms with Crippen molar-refractivity contribution < 1.29 is 9.18 Å². The van der Waals surface area contributed by atoms with Crippen molar-refractivity contribution in [3.8, 4) is 5.69 Å². The van der Waals surface area contributed by atoms with Crippen molar-refractivity contribution in [3.05, 3.63) is 82.5 Å². The van der Waals surface area contributed by atoms with Gasteiger partial charge >= 0.3 is 0 Å². The number of H-pyrrole nitrogens is 1. The fraction of sp³-hybridized carbons (Fsp3) is 0.240. The average Bonchev–Trinajstić information content (AvgIpc) is 3.24. The molecule has 1 saturated heterocycles. The first-order chi connectivity index (χ1) is 16.5. The van der Waals surface area contributed by atoms with E-state index in [0.29, 0.717) is 48.1 Å². The first-order valence-electron chi connectivity index (χ1n) is 11.1. The first-order valence-corrected chi connectivity index (χ1v) is 12.1. The predicted molar refractivity (Wildman–Crippen MR) is 132 cm³/mol. The van der Waals surface area contributed by atoms with Crippen molar-refractivity contribution in [1.82, 2.24) is 19.4 Å². The largest absolute Gasteiger partial charge is 0.368 e. The van der Waals surface area contributed by atoms with Gasteiger partial charge in [0.15, 0.2) is 5.16 Å². The molecule has 34 heavy (non-hydrogen) atoms. The lowest BCUT2D eigenvalue weighted by Crippen LogP contribution is -2.49. The fourth-order valence-electron chi connectivity index (χ4n) is 4.16. The highest BCUT2D eigenvalue weighted by Crippen LogP contribution is 2.23. The number of fused-ring (bicyclic) bond motifs is 1. The van der Waals surface area contributed by atoms with Crippen LogP contribution < -0.4 is 10.5 Å². The molecule has 0 aliphatic carbocycles. The Kier molecular flexibility index (Phi) is 6.10. The Morgan fingerprint density at radius 1 is 1.03 bits per heavy atom. The van der Waals surface area contributed by atoms with Crippen molar-refractivity contribution >= 4 is 34.4 Å². The zero-order valence-electron chi connectivity index (χ0n) is 18.7. The summed E-state index contributed by atoms with van der Waals surface area (Å²) in [5.41, 5.74) is 3.38. The molecule has 0 bridgehead atoms. The van der Waals surface area contributed by atoms with Crippen molar-refractivity contribution in [3.63, 3.8) is 0 Å². The van der Waals surface area contributed by atoms with Crippen molar-refractivity contribution in [2.45, 2.75) is 12.1 Å². The van der Waals surface area contributed by atoms with E-state index in [9.17, 15) is 14.0 Å². The zero-order valence-corrected chi connectivity index (χ0v) is 19.5. The zero-order chi connectivity index (χ0) is 23.7. The summed E-state index contributed by atoms with van der Waals surface area (Å²) in [5.74, 6) is -0.0711. The fourth-order valence-corrected chi connectivity index (χ4v) is 5.08. The maximum Gasteiger partial charge on any atom is 0.283 e. The number of aromatic nitrogens is 3. The normalized spacial score (nSPS) is 14.1. The highest BCUT2D eigenvalue weighted by molar-refractivity contribution is 7.99. The minimum atomic E-state index is -0.259. The Balaban J connectivity index is 1.31. The highest BCUT2D eigenvalue weighted by Gasteiger charge is 2.23. The molecule has 5 rings (SSSR count). The Bertz CT molecular complexity index is 1380. The molecule has 0 unspecified atom stereocenters. The quantitative estimate of drug-likeness (QED) is 0.351. The number of piperazine rings is 1. The molecule has 3 heterocycles. The number of para-hydroxylation sites is 1. The molecule has 1 aliphatic rings. The van der Waals surface area contributed by atoms with Gasteiger partial charge in [-0.2, -0.15) is 0 Å². The molecule has 1 aliphatic heterocycles. The van der Waals surface area contributed by atoms with Crippen LogP contribution in [0.3, 0.4) is 0 Å². The maximum absolute atomic E-state index is 13.3. The van der Waals surface area contributed by atoms with Gasteiger partial charge in [0.2, 0.25) is 5.91 Å². The minimum absolute atomic E-state index is 0.00274. The van der Waals surface area contributed by atoms with Crippen LogP contribution >= 0.6 is 11.8 Å². The van der Waals surface area contributed by atoms with E-state index < -0.39 is 0 Å². The molecule has 174 valence electrons. The van der Waals surface area contributed by atoms with Crippen LogP contribution in [-0.4, -0.2) is 57.3 Å². The van der Waals surface area contributed by atoms with Crippen LogP contribution in [0.1, 0.15) is 5.69 Å². The first kappa shape index (κ1) is 22.2. The highest BCUT2D eigenvalue weighted by atomic mass is 32.2. The van der Waals surface area contributed by atoms with E-state index in [1.54, 1.807) is 16.7 Å². The standard InChI is InChI=1S/C25H24FN5O2S/c1-17-15-21-23(27-17)24(33)31(20-5-3-2-4-6-20)25(28-21)34-16-22(32)30-13-11-29(12-14-30)19-9-7-18(26)8-10-19/h2-10,15,27H,11-14,16H2,1H3. The molecule has 0 radical (unpaired) electrons. The van der Waals surface area contributed by atoms with Gasteiger partial charge in [0.25, 0.3) is 5.56 Å². The molecule has 1 N–H and O–H groups in total. The molecule has 9 heteroatoms. The molecule has 1 amide bonds. The number of thioether (sulfide) groups is 1. The lowest BCUT2D eigenvalue weighted by Gasteiger charge is -2.36. The SMILES string of the molecule is Cc1cc2nc(SCC(=O)N3CCN(c4ccc(F)cc4)CC3)n(-c3ccccc3)c(=O)c2[nH]1. The Morgan fingerprint density at radius 3 is 2.44 bits per heavy atom. The lowest BCUT2D eigenvalue weighted by atomic mass is 10.2. The second-order valence-electron chi connectivity index (χ2n) is 8.22. The number of carbonyl (C=O) groups excluding carboxylic acids is 1. The summed E-state index contributed by atoms with van der Waals surface area (Å²) >= 11 is 1.27. The van der Waals surface area contributed by atoms with Gasteiger partial charge in [-0.25, -0.2) is 9.37 Å². The van der Waals surface area contributed by atoms with Gasteiger partial charge in [-0.05, 0) is 49.4 Å². The molecular formula is C25H24FN5O2S. The number of hydrogen-bond donors (Lipinski definition) is 1. The number of nitrogens with zero attached hydrogens (tertiary/aromatic N) is 4. The van der Waals surface area contributed by atoms with Crippen molar-refractivity contribution in [1.29, 1.82) is 0 Å². The summed E-state index contributed by atoms with van der Waals surface area (Å²) in [6.07, 6.45) is 0. The third-order valence-corrected chi connectivity index (χ3v) is 6.84. The summed E-state index contributed by atoms with van der Waals surface area (Å²) < 4.78 is 14.8. The number of benzene rings is 2. The van der Waals surface area contributed by atoms with E-state index in [4.69, 9.17) is 4.98 Å². The number of aromatic amines is 1. The van der Waals surface area contributed by atoms with Crippen LogP contribution in [0.5, 0.6) is 0 Å². The van der Waals surface area contributed by atoms with Gasteiger partial charge in [-0.3, -0.25) is 14.2 Å². The van der Waals surface area contributed by atoms with E-state index in [1.165, 1.54) is 23.9 Å². The summed E-state index contributed by atoms with van der Waals surface area (Å²) in [6, 6.07) is 17.6. The maximum atomic E-state index is 13.3. The molecule has 2 aromatic carbocycles. The van der Waals surface area contributed by atoms with Crippen molar-refractivity contribution in [2.24, 2.45) is 0 Å². The smallest absolute Gasteiger partial charge is 0.283 e. The number of anilines is 1. The molecule has 1 fully saturated rings. The van der Waals surface area contributed by atoms with E-state index >= 15 is 0 Å². The van der Waals surface area contributed by atoms with Crippen LogP contribution in [0.4, 0.5) is 10.1 Å². The van der Waals surface area contributed by atoms with E-state index in [-0.39, 0.29) is 23.0 Å². The van der Waals surface area contributed by atoms with E-state index in [2.05, 4.69) is 9.88 Å². The predicted octanol–water partition coefficient (Wildman–Crippen LogP) is 3.60. The Labute approximate surface area is 200 Å². The number of hydrogen-bond acceptors (Lipinski definition) is 5. The number of halogens is 1. The number of carbonyl (C=O) groups is 1. The third kappa shape index (κ3) is 4.43. The molecule has 7 nitrogen and oxygen atoms in total. The van der Waals surface area contributed by atoms with Gasteiger partial charge < -0.3 is 14.8 Å². The van der Waals surface area contributed by atoms with Crippen LogP contribution in [0.2, 0.25) is 0 Å². The van der Waals surface area contributed by atoms with Gasteiger partial charge in [-0.15, -0.1) is 0 Å². The van der Waals surface area contributed by atoms with Gasteiger partial charge in [0, 0.05) is 37.6 Å². The number of rotatable bonds is 5. The average molecular weight is 478 g/mol. The molecule has 2 aromatic heterocycles. The molecule has 0 spiro atoms. The summed E-state index contributed by atoms with van der Waals surface area (Å²) in [5, 5.41) is 0.487. The second kappa shape index (κ2) is 9.34. The lowest BCUT2D eigenvalue weighted by molar-refractivity contribution is -0.128. The van der Waals surface area contributed by atoms with Gasteiger partial charge in [0.1, 0.15) is 11.3 Å². The third-order valence-electron chi connectivity index (χ3n) is 5.92. The molecule has 0 atom stereocenters. The van der Waals surface area contributed by atoms with Crippen LogP contribution in [0.15, 0.2) is 70.6 Å². The monoisotopic (exact) mass is 477 g/mol. The topological polar surface area (TPSA) is 74.2 Å². The van der Waals surface area contributed by atoms with Crippen LogP contribution in [-0.2, 0) is 4.79 Å². The molecular weight excluding hydrogens is 453 g/mol. The summed E-state index contributed by atoms with van der Waals surface area (Å²) in [7, 11) is 0. The van der Waals surface area contributed by atoms with Crippen LogP contribution in [0.25, 0.3) is 16.7 Å². The minimum Gasteiger partial charge on any atom is -0.368 e.